The molecule has 1 unspecified atom stereocenters. The molecule has 1 aliphatic heterocycles. The van der Waals surface area contributed by atoms with E-state index in [1.54, 1.807) is 19.3 Å². The first-order chi connectivity index (χ1) is 10.1. The average molecular weight is 307 g/mol. The zero-order valence-corrected chi connectivity index (χ0v) is 12.5. The van der Waals surface area contributed by atoms with E-state index in [1.165, 1.54) is 0 Å². The first-order valence-corrected chi connectivity index (χ1v) is 8.51. The van der Waals surface area contributed by atoms with Crippen molar-refractivity contribution >= 4 is 15.7 Å². The molecule has 3 rings (SSSR count). The number of fused-ring (bicyclic) bond motifs is 1. The van der Waals surface area contributed by atoms with E-state index in [1.807, 2.05) is 18.3 Å². The monoisotopic (exact) mass is 307 g/mol. The summed E-state index contributed by atoms with van der Waals surface area (Å²) in [5, 5.41) is 0. The molecule has 2 aromatic rings. The summed E-state index contributed by atoms with van der Waals surface area (Å²) in [5.74, 6) is 0.749. The van der Waals surface area contributed by atoms with Crippen LogP contribution in [0.4, 0.5) is 5.69 Å². The highest BCUT2D eigenvalue weighted by molar-refractivity contribution is 7.92. The van der Waals surface area contributed by atoms with Gasteiger partial charge in [-0.1, -0.05) is 12.1 Å². The number of H-pyrrole nitrogens is 1. The molecule has 0 radical (unpaired) electrons. The van der Waals surface area contributed by atoms with Crippen LogP contribution in [0.25, 0.3) is 0 Å². The lowest BCUT2D eigenvalue weighted by molar-refractivity contribution is 0.277. The Morgan fingerprint density at radius 1 is 1.48 bits per heavy atom. The van der Waals surface area contributed by atoms with E-state index in [4.69, 9.17) is 4.74 Å². The van der Waals surface area contributed by atoms with Gasteiger partial charge in [0.15, 0.2) is 0 Å². The first-order valence-electron chi connectivity index (χ1n) is 6.85. The van der Waals surface area contributed by atoms with Crippen molar-refractivity contribution in [3.8, 4) is 5.75 Å². The Bertz CT molecular complexity index is 726. The number of aromatic nitrogens is 2. The third-order valence-electron chi connectivity index (χ3n) is 3.60. The van der Waals surface area contributed by atoms with Crippen molar-refractivity contribution in [2.24, 2.45) is 0 Å². The molecule has 1 atom stereocenters. The predicted octanol–water partition coefficient (Wildman–Crippen LogP) is 2.09. The van der Waals surface area contributed by atoms with Gasteiger partial charge < -0.3 is 9.72 Å². The third kappa shape index (κ3) is 2.73. The van der Waals surface area contributed by atoms with E-state index in [0.717, 1.165) is 17.7 Å². The summed E-state index contributed by atoms with van der Waals surface area (Å²) in [6.07, 6.45) is 4.33. The van der Waals surface area contributed by atoms with Crippen molar-refractivity contribution in [1.82, 2.24) is 9.97 Å². The van der Waals surface area contributed by atoms with Crippen LogP contribution in [0.15, 0.2) is 30.7 Å². The second kappa shape index (κ2) is 5.40. The Morgan fingerprint density at radius 2 is 2.33 bits per heavy atom. The second-order valence-electron chi connectivity index (χ2n) is 4.91. The van der Waals surface area contributed by atoms with Crippen LogP contribution in [-0.4, -0.2) is 30.7 Å². The van der Waals surface area contributed by atoms with Gasteiger partial charge in [-0.25, -0.2) is 13.4 Å². The fraction of sp³-hybridized carbons (Fsp3) is 0.357. The molecular formula is C14H17N3O3S. The van der Waals surface area contributed by atoms with Gasteiger partial charge in [-0.3, -0.25) is 4.72 Å². The molecule has 0 bridgehead atoms. The number of para-hydroxylation sites is 1. The van der Waals surface area contributed by atoms with Crippen molar-refractivity contribution in [2.75, 3.05) is 17.1 Å². The summed E-state index contributed by atoms with van der Waals surface area (Å²) in [6, 6.07) is 5.51. The maximum absolute atomic E-state index is 11.8. The van der Waals surface area contributed by atoms with E-state index in [-0.39, 0.29) is 11.7 Å². The number of ether oxygens (including phenoxy) is 1. The SMILES string of the molecule is CCS(=O)(=O)Nc1cccc2c1OCCC2c1c[nH]cn1. The Balaban J connectivity index is 2.02. The van der Waals surface area contributed by atoms with Crippen LogP contribution in [0.1, 0.15) is 30.5 Å². The molecule has 21 heavy (non-hydrogen) atoms. The van der Waals surface area contributed by atoms with Gasteiger partial charge in [0, 0.05) is 17.7 Å². The second-order valence-corrected chi connectivity index (χ2v) is 6.92. The minimum absolute atomic E-state index is 0.0272. The van der Waals surface area contributed by atoms with E-state index >= 15 is 0 Å². The molecule has 0 aliphatic carbocycles. The van der Waals surface area contributed by atoms with Gasteiger partial charge in [-0.15, -0.1) is 0 Å². The molecule has 2 N–H and O–H groups in total. The molecule has 1 aromatic carbocycles. The minimum atomic E-state index is -3.33. The van der Waals surface area contributed by atoms with Crippen LogP contribution in [0, 0.1) is 0 Å². The summed E-state index contributed by atoms with van der Waals surface area (Å²) < 4.78 is 31.9. The summed E-state index contributed by atoms with van der Waals surface area (Å²) in [5.41, 5.74) is 2.40. The van der Waals surface area contributed by atoms with E-state index in [9.17, 15) is 8.42 Å². The zero-order chi connectivity index (χ0) is 14.9. The van der Waals surface area contributed by atoms with E-state index in [2.05, 4.69) is 14.7 Å². The summed E-state index contributed by atoms with van der Waals surface area (Å²) in [6.45, 7) is 2.14. The third-order valence-corrected chi connectivity index (χ3v) is 4.89. The van der Waals surface area contributed by atoms with Gasteiger partial charge in [-0.05, 0) is 19.4 Å². The molecule has 0 saturated heterocycles. The maximum Gasteiger partial charge on any atom is 0.232 e. The van der Waals surface area contributed by atoms with E-state index < -0.39 is 10.0 Å². The predicted molar refractivity (Wildman–Crippen MR) is 80.1 cm³/mol. The van der Waals surface area contributed by atoms with Crippen molar-refractivity contribution in [3.05, 3.63) is 42.0 Å². The average Bonchev–Trinajstić information content (AvgIpc) is 3.01. The van der Waals surface area contributed by atoms with Gasteiger partial charge in [0.25, 0.3) is 0 Å². The molecule has 1 aliphatic rings. The number of benzene rings is 1. The fourth-order valence-corrected chi connectivity index (χ4v) is 3.15. The number of sulfonamides is 1. The van der Waals surface area contributed by atoms with Crippen LogP contribution < -0.4 is 9.46 Å². The van der Waals surface area contributed by atoms with Gasteiger partial charge in [0.1, 0.15) is 5.75 Å². The van der Waals surface area contributed by atoms with Crippen LogP contribution in [-0.2, 0) is 10.0 Å². The number of hydrogen-bond acceptors (Lipinski definition) is 4. The largest absolute Gasteiger partial charge is 0.491 e. The molecule has 6 nitrogen and oxygen atoms in total. The Hall–Kier alpha value is -2.02. The van der Waals surface area contributed by atoms with Crippen LogP contribution in [0.2, 0.25) is 0 Å². The molecule has 0 spiro atoms. The van der Waals surface area contributed by atoms with Crippen molar-refractivity contribution < 1.29 is 13.2 Å². The van der Waals surface area contributed by atoms with Gasteiger partial charge in [0.05, 0.1) is 30.1 Å². The number of rotatable bonds is 4. The Kier molecular flexibility index (Phi) is 3.59. The van der Waals surface area contributed by atoms with Gasteiger partial charge >= 0.3 is 0 Å². The molecule has 7 heteroatoms. The number of nitrogens with one attached hydrogen (secondary N) is 2. The standard InChI is InChI=1S/C14H17N3O3S/c1-2-21(18,19)17-12-5-3-4-11-10(6-7-20-14(11)12)13-8-15-9-16-13/h3-5,8-10,17H,2,6-7H2,1H3,(H,15,16). The van der Waals surface area contributed by atoms with Crippen LogP contribution in [0.3, 0.4) is 0 Å². The van der Waals surface area contributed by atoms with Crippen LogP contribution in [0.5, 0.6) is 5.75 Å². The highest BCUT2D eigenvalue weighted by atomic mass is 32.2. The quantitative estimate of drug-likeness (QED) is 0.906. The fourth-order valence-electron chi connectivity index (χ4n) is 2.51. The molecule has 0 amide bonds. The van der Waals surface area contributed by atoms with Crippen molar-refractivity contribution in [2.45, 2.75) is 19.3 Å². The van der Waals surface area contributed by atoms with Crippen molar-refractivity contribution in [1.29, 1.82) is 0 Å². The van der Waals surface area contributed by atoms with Gasteiger partial charge in [0.2, 0.25) is 10.0 Å². The van der Waals surface area contributed by atoms with Crippen molar-refractivity contribution in [3.63, 3.8) is 0 Å². The number of aromatic amines is 1. The summed E-state index contributed by atoms with van der Waals surface area (Å²) >= 11 is 0. The molecule has 0 saturated carbocycles. The Morgan fingerprint density at radius 3 is 3.05 bits per heavy atom. The number of imidazole rings is 1. The molecule has 0 fully saturated rings. The number of nitrogens with zero attached hydrogens (tertiary/aromatic N) is 1. The first kappa shape index (κ1) is 13.9. The lowest BCUT2D eigenvalue weighted by Crippen LogP contribution is -2.20. The highest BCUT2D eigenvalue weighted by Gasteiger charge is 2.27. The number of anilines is 1. The maximum atomic E-state index is 11.8. The molecule has 1 aromatic heterocycles. The van der Waals surface area contributed by atoms with Crippen LogP contribution >= 0.6 is 0 Å². The summed E-state index contributed by atoms with van der Waals surface area (Å²) in [4.78, 5) is 7.27. The number of hydrogen-bond donors (Lipinski definition) is 2. The molecule has 112 valence electrons. The minimum Gasteiger partial charge on any atom is -0.491 e. The normalized spacial score (nSPS) is 17.9. The topological polar surface area (TPSA) is 84.1 Å². The lowest BCUT2D eigenvalue weighted by Gasteiger charge is -2.26. The zero-order valence-electron chi connectivity index (χ0n) is 11.7. The summed E-state index contributed by atoms with van der Waals surface area (Å²) in [7, 11) is -3.33. The lowest BCUT2D eigenvalue weighted by atomic mass is 9.90. The Labute approximate surface area is 123 Å². The van der Waals surface area contributed by atoms with Gasteiger partial charge in [-0.2, -0.15) is 0 Å². The van der Waals surface area contributed by atoms with E-state index in [0.29, 0.717) is 18.0 Å². The highest BCUT2D eigenvalue weighted by Crippen LogP contribution is 2.41. The molecule has 2 heterocycles. The smallest absolute Gasteiger partial charge is 0.232 e. The molecular weight excluding hydrogens is 290 g/mol.